The van der Waals surface area contributed by atoms with Gasteiger partial charge in [-0.05, 0) is 22.4 Å². The van der Waals surface area contributed by atoms with E-state index in [1.807, 2.05) is 30.3 Å². The van der Waals surface area contributed by atoms with Gasteiger partial charge >= 0.3 is 0 Å². The van der Waals surface area contributed by atoms with Gasteiger partial charge in [-0.25, -0.2) is 0 Å². The van der Waals surface area contributed by atoms with Crippen molar-refractivity contribution in [1.82, 2.24) is 5.32 Å². The first kappa shape index (κ1) is 9.09. The summed E-state index contributed by atoms with van der Waals surface area (Å²) in [5.74, 6) is -0.522. The van der Waals surface area contributed by atoms with E-state index in [9.17, 15) is 9.59 Å². The Kier molecular flexibility index (Phi) is 1.80. The van der Waals surface area contributed by atoms with Crippen LogP contribution in [0.3, 0.4) is 0 Å². The number of imide groups is 1. The molecule has 78 valence electrons. The number of rotatable bonds is 0. The van der Waals surface area contributed by atoms with Crippen molar-refractivity contribution in [2.75, 3.05) is 0 Å². The smallest absolute Gasteiger partial charge is 0.258 e. The number of carbonyl (C=O) groups is 2. The molecule has 16 heavy (non-hydrogen) atoms. The molecule has 0 saturated carbocycles. The first-order valence-electron chi connectivity index (χ1n) is 5.10. The molecule has 3 heteroatoms. The van der Waals surface area contributed by atoms with E-state index >= 15 is 0 Å². The second-order valence-electron chi connectivity index (χ2n) is 3.87. The fourth-order valence-electron chi connectivity index (χ4n) is 2.14. The van der Waals surface area contributed by atoms with Gasteiger partial charge in [-0.1, -0.05) is 30.3 Å². The van der Waals surface area contributed by atoms with E-state index < -0.39 is 0 Å². The van der Waals surface area contributed by atoms with Crippen LogP contribution in [0, 0.1) is 0 Å². The summed E-state index contributed by atoms with van der Waals surface area (Å²) in [6.07, 6.45) is 0.280. The van der Waals surface area contributed by atoms with Crippen LogP contribution in [0.2, 0.25) is 0 Å². The first-order chi connectivity index (χ1) is 7.75. The van der Waals surface area contributed by atoms with Gasteiger partial charge < -0.3 is 0 Å². The van der Waals surface area contributed by atoms with Crippen molar-refractivity contribution in [1.29, 1.82) is 0 Å². The lowest BCUT2D eigenvalue weighted by Crippen LogP contribution is -2.37. The Balaban J connectivity index is 2.37. The third-order valence-electron chi connectivity index (χ3n) is 2.88. The van der Waals surface area contributed by atoms with E-state index in [0.717, 1.165) is 16.3 Å². The van der Waals surface area contributed by atoms with E-state index in [1.165, 1.54) is 0 Å². The Morgan fingerprint density at radius 3 is 2.69 bits per heavy atom. The van der Waals surface area contributed by atoms with Crippen molar-refractivity contribution < 1.29 is 9.59 Å². The van der Waals surface area contributed by atoms with Crippen LogP contribution in [-0.4, -0.2) is 11.8 Å². The summed E-state index contributed by atoms with van der Waals surface area (Å²) < 4.78 is 0. The molecule has 2 amide bonds. The predicted octanol–water partition coefficient (Wildman–Crippen LogP) is 1.65. The molecule has 0 spiro atoms. The molecule has 0 fully saturated rings. The normalized spacial score (nSPS) is 14.8. The first-order valence-corrected chi connectivity index (χ1v) is 5.10. The second kappa shape index (κ2) is 3.17. The molecule has 0 bridgehead atoms. The average molecular weight is 211 g/mol. The van der Waals surface area contributed by atoms with Crippen molar-refractivity contribution >= 4 is 22.6 Å². The largest absolute Gasteiger partial charge is 0.292 e. The summed E-state index contributed by atoms with van der Waals surface area (Å²) >= 11 is 0. The topological polar surface area (TPSA) is 46.2 Å². The minimum Gasteiger partial charge on any atom is -0.292 e. The van der Waals surface area contributed by atoms with Crippen LogP contribution in [0.1, 0.15) is 15.9 Å². The summed E-state index contributed by atoms with van der Waals surface area (Å²) in [5, 5.41) is 4.37. The highest BCUT2D eigenvalue weighted by Gasteiger charge is 2.23. The Morgan fingerprint density at radius 1 is 1.00 bits per heavy atom. The fourth-order valence-corrected chi connectivity index (χ4v) is 2.14. The van der Waals surface area contributed by atoms with Gasteiger partial charge in [0, 0.05) is 5.56 Å². The minimum atomic E-state index is -0.294. The average Bonchev–Trinajstić information content (AvgIpc) is 2.28. The molecule has 1 aliphatic heterocycles. The molecule has 1 heterocycles. The van der Waals surface area contributed by atoms with Gasteiger partial charge in [-0.3, -0.25) is 14.9 Å². The maximum Gasteiger partial charge on any atom is 0.258 e. The van der Waals surface area contributed by atoms with E-state index in [4.69, 9.17) is 0 Å². The number of fused-ring (bicyclic) bond motifs is 3. The molecule has 3 nitrogen and oxygen atoms in total. The molecule has 1 aliphatic rings. The van der Waals surface area contributed by atoms with Crippen molar-refractivity contribution in [2.24, 2.45) is 0 Å². The third-order valence-corrected chi connectivity index (χ3v) is 2.88. The van der Waals surface area contributed by atoms with E-state index in [-0.39, 0.29) is 18.2 Å². The molecule has 2 aromatic carbocycles. The van der Waals surface area contributed by atoms with Crippen molar-refractivity contribution in [2.45, 2.75) is 6.42 Å². The number of amides is 2. The van der Waals surface area contributed by atoms with Crippen LogP contribution in [0.5, 0.6) is 0 Å². The van der Waals surface area contributed by atoms with E-state index in [2.05, 4.69) is 5.32 Å². The molecule has 0 aliphatic carbocycles. The van der Waals surface area contributed by atoms with Gasteiger partial charge in [0.15, 0.2) is 0 Å². The summed E-state index contributed by atoms with van der Waals surface area (Å²) in [6.45, 7) is 0. The Morgan fingerprint density at radius 2 is 1.81 bits per heavy atom. The standard InChI is InChI=1S/C13H9NO2/c15-12-7-11-9-4-2-1-3-8(9)5-6-10(11)13(16)14-12/h1-6H,7H2,(H,14,15,16). The number of benzene rings is 2. The highest BCUT2D eigenvalue weighted by atomic mass is 16.2. The highest BCUT2D eigenvalue weighted by Crippen LogP contribution is 2.24. The maximum absolute atomic E-state index is 11.6. The van der Waals surface area contributed by atoms with Gasteiger partial charge in [0.1, 0.15) is 0 Å². The second-order valence-corrected chi connectivity index (χ2v) is 3.87. The van der Waals surface area contributed by atoms with Crippen LogP contribution in [0.15, 0.2) is 36.4 Å². The highest BCUT2D eigenvalue weighted by molar-refractivity contribution is 6.13. The van der Waals surface area contributed by atoms with Crippen LogP contribution in [-0.2, 0) is 11.2 Å². The Bertz CT molecular complexity index is 616. The van der Waals surface area contributed by atoms with E-state index in [0.29, 0.717) is 5.56 Å². The lowest BCUT2D eigenvalue weighted by Gasteiger charge is -2.17. The zero-order valence-electron chi connectivity index (χ0n) is 8.49. The molecule has 0 aromatic heterocycles. The van der Waals surface area contributed by atoms with Gasteiger partial charge in [0.2, 0.25) is 5.91 Å². The molecular weight excluding hydrogens is 202 g/mol. The van der Waals surface area contributed by atoms with Crippen molar-refractivity contribution in [3.05, 3.63) is 47.5 Å². The van der Waals surface area contributed by atoms with Crippen LogP contribution in [0.4, 0.5) is 0 Å². The minimum absolute atomic E-state index is 0.228. The summed E-state index contributed by atoms with van der Waals surface area (Å²) in [6, 6.07) is 11.5. The molecular formula is C13H9NO2. The lowest BCUT2D eigenvalue weighted by molar-refractivity contribution is -0.119. The zero-order valence-corrected chi connectivity index (χ0v) is 8.49. The molecule has 1 N–H and O–H groups in total. The van der Waals surface area contributed by atoms with Gasteiger partial charge in [0.05, 0.1) is 6.42 Å². The number of carbonyl (C=O) groups excluding carboxylic acids is 2. The van der Waals surface area contributed by atoms with Crippen LogP contribution in [0.25, 0.3) is 10.8 Å². The molecule has 0 radical (unpaired) electrons. The van der Waals surface area contributed by atoms with Crippen molar-refractivity contribution in [3.63, 3.8) is 0 Å². The Hall–Kier alpha value is -2.16. The quantitative estimate of drug-likeness (QED) is 0.673. The van der Waals surface area contributed by atoms with Gasteiger partial charge in [-0.2, -0.15) is 0 Å². The monoisotopic (exact) mass is 211 g/mol. The predicted molar refractivity (Wildman–Crippen MR) is 60.1 cm³/mol. The SMILES string of the molecule is O=C1Cc2c(ccc3ccccc23)C(=O)N1. The van der Waals surface area contributed by atoms with Crippen molar-refractivity contribution in [3.8, 4) is 0 Å². The third kappa shape index (κ3) is 1.21. The number of hydrogen-bond acceptors (Lipinski definition) is 2. The lowest BCUT2D eigenvalue weighted by atomic mass is 9.93. The number of hydrogen-bond donors (Lipinski definition) is 1. The summed E-state index contributed by atoms with van der Waals surface area (Å²) in [5.41, 5.74) is 1.45. The van der Waals surface area contributed by atoms with Gasteiger partial charge in [-0.15, -0.1) is 0 Å². The summed E-state index contributed by atoms with van der Waals surface area (Å²) in [4.78, 5) is 23.0. The van der Waals surface area contributed by atoms with Crippen LogP contribution >= 0.6 is 0 Å². The summed E-state index contributed by atoms with van der Waals surface area (Å²) in [7, 11) is 0. The molecule has 0 saturated heterocycles. The molecule has 0 atom stereocenters. The molecule has 0 unspecified atom stereocenters. The van der Waals surface area contributed by atoms with Gasteiger partial charge in [0.25, 0.3) is 5.91 Å². The zero-order chi connectivity index (χ0) is 11.1. The maximum atomic E-state index is 11.6. The van der Waals surface area contributed by atoms with Crippen LogP contribution < -0.4 is 5.32 Å². The molecule has 2 aromatic rings. The van der Waals surface area contributed by atoms with E-state index in [1.54, 1.807) is 6.07 Å². The fraction of sp³-hybridized carbons (Fsp3) is 0.0769. The molecule has 3 rings (SSSR count). The Labute approximate surface area is 92.1 Å². The number of nitrogens with one attached hydrogen (secondary N) is 1.